The molecule has 1 fully saturated rings. The second-order valence-electron chi connectivity index (χ2n) is 7.92. The van der Waals surface area contributed by atoms with E-state index in [1.54, 1.807) is 18.2 Å². The Labute approximate surface area is 192 Å². The first-order valence-electron chi connectivity index (χ1n) is 11.2. The van der Waals surface area contributed by atoms with Gasteiger partial charge in [-0.05, 0) is 42.8 Å². The standard InChI is InChI=1S/C24H29FN4O2S/c1-2-3-15-31-20-6-4-5-18(16-20)23(30)26-9-10-28-11-13-29(14-12-28)24-27-21-8-7-19(25)17-22(21)32-24/h4-8,16-17H,2-3,9-15H2,1H3,(H,26,30). The van der Waals surface area contributed by atoms with Crippen LogP contribution in [0.15, 0.2) is 42.5 Å². The Kier molecular flexibility index (Phi) is 7.55. The predicted molar refractivity (Wildman–Crippen MR) is 127 cm³/mol. The third-order valence-electron chi connectivity index (χ3n) is 5.56. The lowest BCUT2D eigenvalue weighted by Gasteiger charge is -2.34. The Bertz CT molecular complexity index is 1050. The lowest BCUT2D eigenvalue weighted by molar-refractivity contribution is 0.0947. The molecule has 0 bridgehead atoms. The van der Waals surface area contributed by atoms with Gasteiger partial charge in [-0.3, -0.25) is 9.69 Å². The number of thiazole rings is 1. The number of nitrogens with zero attached hydrogens (tertiary/aromatic N) is 3. The molecule has 32 heavy (non-hydrogen) atoms. The molecule has 0 radical (unpaired) electrons. The Morgan fingerprint density at radius 1 is 1.19 bits per heavy atom. The molecule has 1 amide bonds. The van der Waals surface area contributed by atoms with E-state index in [0.29, 0.717) is 18.7 Å². The molecule has 4 rings (SSSR count). The maximum atomic E-state index is 13.4. The zero-order valence-electron chi connectivity index (χ0n) is 18.3. The number of benzene rings is 2. The smallest absolute Gasteiger partial charge is 0.251 e. The normalized spacial score (nSPS) is 14.6. The summed E-state index contributed by atoms with van der Waals surface area (Å²) in [6.45, 7) is 7.73. The van der Waals surface area contributed by atoms with Gasteiger partial charge in [0.15, 0.2) is 5.13 Å². The van der Waals surface area contributed by atoms with E-state index < -0.39 is 0 Å². The summed E-state index contributed by atoms with van der Waals surface area (Å²) >= 11 is 1.53. The van der Waals surface area contributed by atoms with Crippen LogP contribution in [0.2, 0.25) is 0 Å². The predicted octanol–water partition coefficient (Wildman–Crippen LogP) is 4.17. The van der Waals surface area contributed by atoms with E-state index in [9.17, 15) is 9.18 Å². The molecule has 8 heteroatoms. The Morgan fingerprint density at radius 3 is 2.84 bits per heavy atom. The number of halogens is 1. The van der Waals surface area contributed by atoms with Crippen molar-refractivity contribution in [2.45, 2.75) is 19.8 Å². The van der Waals surface area contributed by atoms with E-state index in [-0.39, 0.29) is 11.7 Å². The van der Waals surface area contributed by atoms with E-state index in [4.69, 9.17) is 4.74 Å². The Balaban J connectivity index is 1.21. The summed E-state index contributed by atoms with van der Waals surface area (Å²) in [5.41, 5.74) is 1.47. The van der Waals surface area contributed by atoms with Crippen molar-refractivity contribution in [1.29, 1.82) is 0 Å². The van der Waals surface area contributed by atoms with E-state index in [1.807, 2.05) is 18.2 Å². The van der Waals surface area contributed by atoms with Crippen LogP contribution in [0.4, 0.5) is 9.52 Å². The summed E-state index contributed by atoms with van der Waals surface area (Å²) in [6, 6.07) is 12.1. The largest absolute Gasteiger partial charge is 0.494 e. The fourth-order valence-electron chi connectivity index (χ4n) is 3.68. The van der Waals surface area contributed by atoms with Gasteiger partial charge in [-0.2, -0.15) is 0 Å². The average Bonchev–Trinajstić information content (AvgIpc) is 3.23. The number of hydrogen-bond donors (Lipinski definition) is 1. The van der Waals surface area contributed by atoms with Crippen LogP contribution >= 0.6 is 11.3 Å². The third-order valence-corrected chi connectivity index (χ3v) is 6.64. The fourth-order valence-corrected chi connectivity index (χ4v) is 4.72. The second kappa shape index (κ2) is 10.7. The molecule has 0 atom stereocenters. The highest BCUT2D eigenvalue weighted by atomic mass is 32.1. The summed E-state index contributed by atoms with van der Waals surface area (Å²) < 4.78 is 20.0. The SMILES string of the molecule is CCCCOc1cccc(C(=O)NCCN2CCN(c3nc4ccc(F)cc4s3)CC2)c1. The van der Waals surface area contributed by atoms with Crippen LogP contribution in [0.25, 0.3) is 10.2 Å². The molecular weight excluding hydrogens is 427 g/mol. The van der Waals surface area contributed by atoms with Gasteiger partial charge in [0.25, 0.3) is 5.91 Å². The van der Waals surface area contributed by atoms with E-state index in [1.165, 1.54) is 17.4 Å². The molecule has 0 saturated carbocycles. The molecule has 1 aliphatic rings. The van der Waals surface area contributed by atoms with Gasteiger partial charge in [0, 0.05) is 44.8 Å². The summed E-state index contributed by atoms with van der Waals surface area (Å²) in [7, 11) is 0. The van der Waals surface area contributed by atoms with Crippen LogP contribution in [0.5, 0.6) is 5.75 Å². The van der Waals surface area contributed by atoms with Gasteiger partial charge < -0.3 is 15.0 Å². The van der Waals surface area contributed by atoms with Crippen LogP contribution in [-0.4, -0.2) is 61.7 Å². The molecule has 0 unspecified atom stereocenters. The molecule has 2 aromatic carbocycles. The molecule has 1 N–H and O–H groups in total. The number of piperazine rings is 1. The van der Waals surface area contributed by atoms with E-state index in [2.05, 4.69) is 27.0 Å². The molecule has 170 valence electrons. The first kappa shape index (κ1) is 22.5. The second-order valence-corrected chi connectivity index (χ2v) is 8.93. The molecule has 1 saturated heterocycles. The highest BCUT2D eigenvalue weighted by molar-refractivity contribution is 7.22. The summed E-state index contributed by atoms with van der Waals surface area (Å²) in [4.78, 5) is 21.7. The van der Waals surface area contributed by atoms with Crippen molar-refractivity contribution >= 4 is 32.6 Å². The minimum Gasteiger partial charge on any atom is -0.494 e. The van der Waals surface area contributed by atoms with Gasteiger partial charge in [-0.1, -0.05) is 30.7 Å². The van der Waals surface area contributed by atoms with Crippen LogP contribution in [0, 0.1) is 5.82 Å². The lowest BCUT2D eigenvalue weighted by atomic mass is 10.2. The van der Waals surface area contributed by atoms with Crippen molar-refractivity contribution in [3.8, 4) is 5.75 Å². The molecule has 1 aromatic heterocycles. The highest BCUT2D eigenvalue weighted by Gasteiger charge is 2.20. The van der Waals surface area contributed by atoms with Gasteiger partial charge >= 0.3 is 0 Å². The monoisotopic (exact) mass is 456 g/mol. The fraction of sp³-hybridized carbons (Fsp3) is 0.417. The van der Waals surface area contributed by atoms with Crippen LogP contribution in [-0.2, 0) is 0 Å². The summed E-state index contributed by atoms with van der Waals surface area (Å²) in [5, 5.41) is 3.96. The Morgan fingerprint density at radius 2 is 2.03 bits per heavy atom. The lowest BCUT2D eigenvalue weighted by Crippen LogP contribution is -2.48. The molecule has 0 aliphatic carbocycles. The maximum Gasteiger partial charge on any atom is 0.251 e. The zero-order chi connectivity index (χ0) is 22.3. The molecule has 0 spiro atoms. The number of fused-ring (bicyclic) bond motifs is 1. The molecule has 2 heterocycles. The molecular formula is C24H29FN4O2S. The topological polar surface area (TPSA) is 57.7 Å². The van der Waals surface area contributed by atoms with Crippen molar-refractivity contribution in [3.05, 3.63) is 53.8 Å². The quantitative estimate of drug-likeness (QED) is 0.490. The van der Waals surface area contributed by atoms with Crippen molar-refractivity contribution in [2.75, 3.05) is 50.8 Å². The third kappa shape index (κ3) is 5.75. The molecule has 3 aromatic rings. The highest BCUT2D eigenvalue weighted by Crippen LogP contribution is 2.29. The number of amides is 1. The summed E-state index contributed by atoms with van der Waals surface area (Å²) in [6.07, 6.45) is 2.08. The first-order valence-corrected chi connectivity index (χ1v) is 12.0. The maximum absolute atomic E-state index is 13.4. The minimum absolute atomic E-state index is 0.0775. The number of nitrogens with one attached hydrogen (secondary N) is 1. The number of ether oxygens (including phenoxy) is 1. The van der Waals surface area contributed by atoms with E-state index in [0.717, 1.165) is 66.7 Å². The average molecular weight is 457 g/mol. The first-order chi connectivity index (χ1) is 15.6. The number of anilines is 1. The van der Waals surface area contributed by atoms with Gasteiger partial charge in [0.05, 0.1) is 16.8 Å². The van der Waals surface area contributed by atoms with Crippen molar-refractivity contribution in [3.63, 3.8) is 0 Å². The van der Waals surface area contributed by atoms with Crippen LogP contribution in [0.1, 0.15) is 30.1 Å². The van der Waals surface area contributed by atoms with Gasteiger partial charge in [0.2, 0.25) is 0 Å². The van der Waals surface area contributed by atoms with Crippen molar-refractivity contribution < 1.29 is 13.9 Å². The number of rotatable bonds is 9. The number of aromatic nitrogens is 1. The number of hydrogen-bond acceptors (Lipinski definition) is 6. The molecule has 1 aliphatic heterocycles. The van der Waals surface area contributed by atoms with Crippen molar-refractivity contribution in [2.24, 2.45) is 0 Å². The number of unbranched alkanes of at least 4 members (excludes halogenated alkanes) is 1. The van der Waals surface area contributed by atoms with Gasteiger partial charge in [0.1, 0.15) is 11.6 Å². The van der Waals surface area contributed by atoms with Crippen LogP contribution < -0.4 is 15.0 Å². The van der Waals surface area contributed by atoms with Gasteiger partial charge in [-0.15, -0.1) is 0 Å². The number of carbonyl (C=O) groups is 1. The zero-order valence-corrected chi connectivity index (χ0v) is 19.2. The van der Waals surface area contributed by atoms with Crippen LogP contribution in [0.3, 0.4) is 0 Å². The Hall–Kier alpha value is -2.71. The summed E-state index contributed by atoms with van der Waals surface area (Å²) in [5.74, 6) is 0.432. The van der Waals surface area contributed by atoms with Crippen molar-refractivity contribution in [1.82, 2.24) is 15.2 Å². The van der Waals surface area contributed by atoms with Gasteiger partial charge in [-0.25, -0.2) is 9.37 Å². The minimum atomic E-state index is -0.227. The number of carbonyl (C=O) groups excluding carboxylic acids is 1. The molecule has 6 nitrogen and oxygen atoms in total. The van der Waals surface area contributed by atoms with E-state index >= 15 is 0 Å².